The van der Waals surface area contributed by atoms with Gasteiger partial charge in [-0.25, -0.2) is 18.1 Å². The Balaban J connectivity index is 1.38. The third-order valence-electron chi connectivity index (χ3n) is 5.77. The number of ether oxygens (including phenoxy) is 1. The molecule has 0 bridgehead atoms. The van der Waals surface area contributed by atoms with Crippen molar-refractivity contribution in [2.45, 2.75) is 13.5 Å². The van der Waals surface area contributed by atoms with E-state index in [-0.39, 0.29) is 34.9 Å². The standard InChI is InChI=1S/C24H22F2N3O5P/c1-16-2-5-19(21(25)12-16)20-6-4-18(14-22(20)26)34-24-13-17(3-7-23(24)29(30)31)15-33-35(32,27-8-9-27)28-10-11-28/h2-7,12-14H,8-11,15H2,1H3. The van der Waals surface area contributed by atoms with E-state index in [2.05, 4.69) is 0 Å². The lowest BCUT2D eigenvalue weighted by Crippen LogP contribution is -2.08. The largest absolute Gasteiger partial charge is 0.450 e. The van der Waals surface area contributed by atoms with Crippen LogP contribution in [0.3, 0.4) is 0 Å². The number of benzene rings is 3. The van der Waals surface area contributed by atoms with Gasteiger partial charge in [-0.05, 0) is 48.4 Å². The van der Waals surface area contributed by atoms with Gasteiger partial charge in [0.25, 0.3) is 0 Å². The third-order valence-corrected chi connectivity index (χ3v) is 8.46. The molecular formula is C24H22F2N3O5P. The number of nitro groups is 1. The van der Waals surface area contributed by atoms with Crippen LogP contribution in [-0.2, 0) is 15.7 Å². The van der Waals surface area contributed by atoms with Crippen LogP contribution in [0.25, 0.3) is 11.1 Å². The van der Waals surface area contributed by atoms with Crippen LogP contribution >= 0.6 is 7.67 Å². The van der Waals surface area contributed by atoms with E-state index in [4.69, 9.17) is 9.26 Å². The average molecular weight is 501 g/mol. The van der Waals surface area contributed by atoms with E-state index in [1.807, 2.05) is 0 Å². The first-order valence-corrected chi connectivity index (χ1v) is 12.5. The van der Waals surface area contributed by atoms with Crippen LogP contribution in [0.1, 0.15) is 11.1 Å². The van der Waals surface area contributed by atoms with Crippen molar-refractivity contribution in [1.82, 2.24) is 9.34 Å². The van der Waals surface area contributed by atoms with Crippen LogP contribution in [-0.4, -0.2) is 40.4 Å². The molecule has 0 saturated carbocycles. The van der Waals surface area contributed by atoms with Crippen LogP contribution in [0, 0.1) is 28.7 Å². The first kappa shape index (κ1) is 23.6. The van der Waals surface area contributed by atoms with Crippen molar-refractivity contribution in [3.8, 4) is 22.6 Å². The molecule has 5 rings (SSSR count). The highest BCUT2D eigenvalue weighted by Crippen LogP contribution is 2.61. The molecule has 0 radical (unpaired) electrons. The molecule has 182 valence electrons. The van der Waals surface area contributed by atoms with Crippen LogP contribution in [0.15, 0.2) is 54.6 Å². The first-order chi connectivity index (χ1) is 16.7. The molecule has 0 aromatic heterocycles. The minimum Gasteiger partial charge on any atom is -0.450 e. The Morgan fingerprint density at radius 2 is 1.57 bits per heavy atom. The molecule has 0 unspecified atom stereocenters. The molecular weight excluding hydrogens is 479 g/mol. The highest BCUT2D eigenvalue weighted by Gasteiger charge is 2.49. The lowest BCUT2D eigenvalue weighted by molar-refractivity contribution is -0.385. The van der Waals surface area contributed by atoms with E-state index in [1.165, 1.54) is 42.5 Å². The number of aryl methyl sites for hydroxylation is 1. The molecule has 3 aromatic carbocycles. The van der Waals surface area contributed by atoms with E-state index in [9.17, 15) is 23.5 Å². The summed E-state index contributed by atoms with van der Waals surface area (Å²) < 4.78 is 57.2. The Morgan fingerprint density at radius 3 is 2.14 bits per heavy atom. The van der Waals surface area contributed by atoms with Gasteiger partial charge in [0, 0.05) is 49.4 Å². The molecule has 0 aliphatic carbocycles. The van der Waals surface area contributed by atoms with E-state index in [1.54, 1.807) is 22.3 Å². The molecule has 0 atom stereocenters. The predicted octanol–water partition coefficient (Wildman–Crippen LogP) is 5.90. The van der Waals surface area contributed by atoms with Crippen LogP contribution < -0.4 is 4.74 Å². The molecule has 2 saturated heterocycles. The molecule has 0 spiro atoms. The Bertz CT molecular complexity index is 1340. The maximum absolute atomic E-state index is 14.8. The van der Waals surface area contributed by atoms with Gasteiger partial charge in [-0.15, -0.1) is 0 Å². The summed E-state index contributed by atoms with van der Waals surface area (Å²) in [5.41, 5.74) is 1.07. The monoisotopic (exact) mass is 501 g/mol. The van der Waals surface area contributed by atoms with Crippen molar-refractivity contribution in [3.63, 3.8) is 0 Å². The summed E-state index contributed by atoms with van der Waals surface area (Å²) in [6, 6.07) is 12.5. The van der Waals surface area contributed by atoms with Crippen LogP contribution in [0.2, 0.25) is 0 Å². The zero-order chi connectivity index (χ0) is 24.7. The maximum Gasteiger partial charge on any atom is 0.346 e. The van der Waals surface area contributed by atoms with Gasteiger partial charge in [-0.3, -0.25) is 14.7 Å². The van der Waals surface area contributed by atoms with Crippen molar-refractivity contribution in [1.29, 1.82) is 0 Å². The Morgan fingerprint density at radius 1 is 0.943 bits per heavy atom. The molecule has 0 N–H and O–H groups in total. The minimum atomic E-state index is -3.06. The lowest BCUT2D eigenvalue weighted by Gasteiger charge is -2.19. The molecule has 2 heterocycles. The maximum atomic E-state index is 14.8. The van der Waals surface area contributed by atoms with Gasteiger partial charge in [0.05, 0.1) is 11.5 Å². The number of hydrogen-bond donors (Lipinski definition) is 0. The first-order valence-electron chi connectivity index (χ1n) is 11.0. The molecule has 2 aliphatic heterocycles. The SMILES string of the molecule is Cc1ccc(-c2ccc(Oc3cc(COP(=O)(N4CC4)N4CC4)ccc3[N+](=O)[O-])cc2F)c(F)c1. The fraction of sp³-hybridized carbons (Fsp3) is 0.250. The van der Waals surface area contributed by atoms with Gasteiger partial charge >= 0.3 is 13.4 Å². The second kappa shape index (κ2) is 9.13. The zero-order valence-electron chi connectivity index (χ0n) is 18.8. The summed E-state index contributed by atoms with van der Waals surface area (Å²) in [6.45, 7) is 4.52. The number of nitrogens with zero attached hydrogens (tertiary/aromatic N) is 3. The molecule has 35 heavy (non-hydrogen) atoms. The number of rotatable bonds is 9. The highest BCUT2D eigenvalue weighted by atomic mass is 31.2. The van der Waals surface area contributed by atoms with Gasteiger partial charge in [0.2, 0.25) is 5.75 Å². The molecule has 0 amide bonds. The van der Waals surface area contributed by atoms with Crippen molar-refractivity contribution in [3.05, 3.63) is 87.5 Å². The predicted molar refractivity (Wildman–Crippen MR) is 125 cm³/mol. The van der Waals surface area contributed by atoms with Gasteiger partial charge in [0.1, 0.15) is 17.4 Å². The molecule has 3 aromatic rings. The summed E-state index contributed by atoms with van der Waals surface area (Å²) in [7, 11) is -3.06. The van der Waals surface area contributed by atoms with Gasteiger partial charge in [-0.2, -0.15) is 0 Å². The number of nitro benzene ring substituents is 1. The minimum absolute atomic E-state index is 0.0128. The number of hydrogen-bond acceptors (Lipinski definition) is 5. The van der Waals surface area contributed by atoms with Crippen molar-refractivity contribution >= 4 is 13.4 Å². The molecule has 2 aliphatic rings. The normalized spacial score (nSPS) is 15.7. The Hall–Kier alpha value is -3.17. The fourth-order valence-electron chi connectivity index (χ4n) is 3.72. The quantitative estimate of drug-likeness (QED) is 0.156. The van der Waals surface area contributed by atoms with Crippen molar-refractivity contribution in [2.75, 3.05) is 26.2 Å². The summed E-state index contributed by atoms with van der Waals surface area (Å²) in [4.78, 5) is 10.9. The second-order valence-corrected chi connectivity index (χ2v) is 10.8. The summed E-state index contributed by atoms with van der Waals surface area (Å²) in [5, 5.41) is 11.5. The lowest BCUT2D eigenvalue weighted by atomic mass is 10.0. The average Bonchev–Trinajstić information content (AvgIpc) is 3.70. The van der Waals surface area contributed by atoms with E-state index < -0.39 is 24.2 Å². The van der Waals surface area contributed by atoms with E-state index in [0.29, 0.717) is 37.3 Å². The van der Waals surface area contributed by atoms with E-state index in [0.717, 1.165) is 6.07 Å². The molecule has 2 fully saturated rings. The third kappa shape index (κ3) is 4.97. The summed E-state index contributed by atoms with van der Waals surface area (Å²) >= 11 is 0. The number of halogens is 2. The van der Waals surface area contributed by atoms with Gasteiger partial charge in [0.15, 0.2) is 0 Å². The summed E-state index contributed by atoms with van der Waals surface area (Å²) in [5.74, 6) is -1.38. The van der Waals surface area contributed by atoms with Gasteiger partial charge < -0.3 is 9.26 Å². The zero-order valence-corrected chi connectivity index (χ0v) is 19.7. The summed E-state index contributed by atoms with van der Waals surface area (Å²) in [6.07, 6.45) is 0. The van der Waals surface area contributed by atoms with Crippen LogP contribution in [0.4, 0.5) is 14.5 Å². The van der Waals surface area contributed by atoms with Crippen molar-refractivity contribution < 1.29 is 27.5 Å². The van der Waals surface area contributed by atoms with E-state index >= 15 is 0 Å². The molecule has 8 nitrogen and oxygen atoms in total. The van der Waals surface area contributed by atoms with Crippen molar-refractivity contribution in [2.24, 2.45) is 0 Å². The Kier molecular flexibility index (Phi) is 6.14. The smallest absolute Gasteiger partial charge is 0.346 e. The topological polar surface area (TPSA) is 84.7 Å². The van der Waals surface area contributed by atoms with Gasteiger partial charge in [-0.1, -0.05) is 12.1 Å². The fourth-order valence-corrected chi connectivity index (χ4v) is 5.91. The van der Waals surface area contributed by atoms with Crippen LogP contribution in [0.5, 0.6) is 11.5 Å². The highest BCUT2D eigenvalue weighted by molar-refractivity contribution is 7.54. The molecule has 11 heteroatoms. The second-order valence-electron chi connectivity index (χ2n) is 8.46. The Labute approximate surface area is 200 Å².